The highest BCUT2D eigenvalue weighted by Gasteiger charge is 2.54. The zero-order valence-electron chi connectivity index (χ0n) is 13.0. The van der Waals surface area contributed by atoms with Gasteiger partial charge < -0.3 is 10.6 Å². The molecule has 22 heavy (non-hydrogen) atoms. The first-order valence-electron chi connectivity index (χ1n) is 8.79. The second-order valence-electron chi connectivity index (χ2n) is 7.80. The third kappa shape index (κ3) is 2.63. The molecule has 0 aromatic carbocycles. The van der Waals surface area contributed by atoms with Gasteiger partial charge in [-0.1, -0.05) is 6.42 Å². The van der Waals surface area contributed by atoms with Crippen molar-refractivity contribution in [1.82, 2.24) is 10.6 Å². The van der Waals surface area contributed by atoms with E-state index in [1.165, 1.54) is 25.7 Å². The highest BCUT2D eigenvalue weighted by Crippen LogP contribution is 2.58. The third-order valence-electron chi connectivity index (χ3n) is 6.64. The summed E-state index contributed by atoms with van der Waals surface area (Å²) in [4.78, 5) is 12.2. The van der Waals surface area contributed by atoms with Crippen molar-refractivity contribution in [2.45, 2.75) is 57.0 Å². The van der Waals surface area contributed by atoms with E-state index >= 15 is 0 Å². The summed E-state index contributed by atoms with van der Waals surface area (Å²) in [6.45, 7) is 0. The van der Waals surface area contributed by atoms with Crippen LogP contribution in [-0.2, 0) is 9.84 Å². The normalized spacial score (nSPS) is 43.0. The van der Waals surface area contributed by atoms with Crippen LogP contribution in [0.2, 0.25) is 0 Å². The van der Waals surface area contributed by atoms with Gasteiger partial charge in [0, 0.05) is 12.1 Å². The van der Waals surface area contributed by atoms with Crippen LogP contribution in [0.4, 0.5) is 4.79 Å². The fourth-order valence-electron chi connectivity index (χ4n) is 5.66. The van der Waals surface area contributed by atoms with Crippen molar-refractivity contribution in [2.24, 2.45) is 23.7 Å². The Hall–Kier alpha value is -0.780. The molecule has 2 N–H and O–H groups in total. The maximum Gasteiger partial charge on any atom is 0.315 e. The Labute approximate surface area is 132 Å². The molecule has 2 bridgehead atoms. The number of carbonyl (C=O) groups is 1. The molecule has 0 radical (unpaired) electrons. The molecule has 1 aliphatic heterocycles. The summed E-state index contributed by atoms with van der Waals surface area (Å²) in [7, 11) is -2.86. The molecule has 3 saturated carbocycles. The Morgan fingerprint density at radius 3 is 2.36 bits per heavy atom. The topological polar surface area (TPSA) is 75.3 Å². The Kier molecular flexibility index (Phi) is 3.62. The summed E-state index contributed by atoms with van der Waals surface area (Å²) in [5, 5.41) is 6.18. The van der Waals surface area contributed by atoms with E-state index in [2.05, 4.69) is 10.6 Å². The molecule has 124 valence electrons. The first-order valence-corrected chi connectivity index (χ1v) is 10.6. The number of hydrogen-bond donors (Lipinski definition) is 2. The number of rotatable bonds is 2. The van der Waals surface area contributed by atoms with Gasteiger partial charge in [0.2, 0.25) is 0 Å². The van der Waals surface area contributed by atoms with Crippen molar-refractivity contribution in [2.75, 3.05) is 11.5 Å². The van der Waals surface area contributed by atoms with Gasteiger partial charge in [-0.3, -0.25) is 0 Å². The first kappa shape index (κ1) is 14.8. The van der Waals surface area contributed by atoms with E-state index in [9.17, 15) is 13.2 Å². The lowest BCUT2D eigenvalue weighted by Crippen LogP contribution is -2.50. The van der Waals surface area contributed by atoms with Crippen LogP contribution in [0.1, 0.15) is 44.9 Å². The van der Waals surface area contributed by atoms with Crippen molar-refractivity contribution >= 4 is 15.9 Å². The van der Waals surface area contributed by atoms with Crippen LogP contribution in [0, 0.1) is 23.7 Å². The van der Waals surface area contributed by atoms with Gasteiger partial charge in [0.05, 0.1) is 11.5 Å². The minimum Gasteiger partial charge on any atom is -0.335 e. The third-order valence-corrected chi connectivity index (χ3v) is 8.35. The quantitative estimate of drug-likeness (QED) is 0.811. The monoisotopic (exact) mass is 326 g/mol. The molecule has 1 saturated heterocycles. The molecule has 4 fully saturated rings. The molecular weight excluding hydrogens is 300 g/mol. The first-order chi connectivity index (χ1) is 10.5. The number of fused-ring (bicyclic) bond motifs is 5. The predicted molar refractivity (Wildman–Crippen MR) is 84.2 cm³/mol. The number of sulfone groups is 1. The molecule has 5 unspecified atom stereocenters. The highest BCUT2D eigenvalue weighted by molar-refractivity contribution is 7.91. The maximum atomic E-state index is 12.2. The van der Waals surface area contributed by atoms with E-state index in [1.807, 2.05) is 0 Å². The maximum absolute atomic E-state index is 12.2. The Bertz CT molecular complexity index is 548. The van der Waals surface area contributed by atoms with Gasteiger partial charge in [-0.2, -0.15) is 0 Å². The molecule has 4 aliphatic rings. The Morgan fingerprint density at radius 2 is 1.59 bits per heavy atom. The summed E-state index contributed by atoms with van der Waals surface area (Å²) < 4.78 is 22.8. The van der Waals surface area contributed by atoms with Gasteiger partial charge >= 0.3 is 6.03 Å². The van der Waals surface area contributed by atoms with Crippen LogP contribution in [0.3, 0.4) is 0 Å². The summed E-state index contributed by atoms with van der Waals surface area (Å²) in [6, 6.07) is 0.273. The van der Waals surface area contributed by atoms with Gasteiger partial charge in [-0.05, 0) is 62.2 Å². The number of amides is 2. The largest absolute Gasteiger partial charge is 0.335 e. The second kappa shape index (κ2) is 5.39. The fraction of sp³-hybridized carbons (Fsp3) is 0.938. The highest BCUT2D eigenvalue weighted by atomic mass is 32.2. The van der Waals surface area contributed by atoms with Crippen LogP contribution in [0.25, 0.3) is 0 Å². The zero-order chi connectivity index (χ0) is 15.3. The lowest BCUT2D eigenvalue weighted by atomic mass is 9.79. The van der Waals surface area contributed by atoms with Gasteiger partial charge in [-0.15, -0.1) is 0 Å². The SMILES string of the molecule is O=C(NC1CCS(=O)(=O)CC1)NC1CC2CC1C1CCCC21. The van der Waals surface area contributed by atoms with E-state index in [1.54, 1.807) is 0 Å². The molecule has 5 atom stereocenters. The Balaban J connectivity index is 1.29. The molecular formula is C16H26N2O3S. The summed E-state index contributed by atoms with van der Waals surface area (Å²) >= 11 is 0. The molecule has 4 rings (SSSR count). The molecule has 0 spiro atoms. The molecule has 0 aromatic heterocycles. The minimum atomic E-state index is -2.86. The predicted octanol–water partition coefficient (Wildman–Crippen LogP) is 1.69. The van der Waals surface area contributed by atoms with Crippen molar-refractivity contribution < 1.29 is 13.2 Å². The molecule has 2 amide bonds. The van der Waals surface area contributed by atoms with Gasteiger partial charge in [0.15, 0.2) is 0 Å². The Morgan fingerprint density at radius 1 is 0.864 bits per heavy atom. The van der Waals surface area contributed by atoms with Gasteiger partial charge in [-0.25, -0.2) is 13.2 Å². The van der Waals surface area contributed by atoms with E-state index in [0.717, 1.165) is 24.2 Å². The number of hydrogen-bond acceptors (Lipinski definition) is 3. The number of nitrogens with one attached hydrogen (secondary N) is 2. The van der Waals surface area contributed by atoms with E-state index in [4.69, 9.17) is 0 Å². The average Bonchev–Trinajstić information content (AvgIpc) is 3.13. The molecule has 3 aliphatic carbocycles. The van der Waals surface area contributed by atoms with Crippen molar-refractivity contribution in [3.05, 3.63) is 0 Å². The van der Waals surface area contributed by atoms with Gasteiger partial charge in [0.25, 0.3) is 0 Å². The van der Waals surface area contributed by atoms with Crippen LogP contribution < -0.4 is 10.6 Å². The summed E-state index contributed by atoms with van der Waals surface area (Å²) in [5.41, 5.74) is 0. The van der Waals surface area contributed by atoms with Crippen LogP contribution in [-0.4, -0.2) is 38.0 Å². The molecule has 5 nitrogen and oxygen atoms in total. The number of carbonyl (C=O) groups excluding carboxylic acids is 1. The lowest BCUT2D eigenvalue weighted by molar-refractivity contribution is 0.195. The lowest BCUT2D eigenvalue weighted by Gasteiger charge is -2.32. The fourth-order valence-corrected chi connectivity index (χ4v) is 7.16. The zero-order valence-corrected chi connectivity index (χ0v) is 13.8. The smallest absolute Gasteiger partial charge is 0.315 e. The van der Waals surface area contributed by atoms with Crippen LogP contribution in [0.15, 0.2) is 0 Å². The summed E-state index contributed by atoms with van der Waals surface area (Å²) in [5.74, 6) is 3.72. The van der Waals surface area contributed by atoms with Crippen LogP contribution in [0.5, 0.6) is 0 Å². The van der Waals surface area contributed by atoms with Crippen molar-refractivity contribution in [3.8, 4) is 0 Å². The van der Waals surface area contributed by atoms with E-state index in [0.29, 0.717) is 24.8 Å². The summed E-state index contributed by atoms with van der Waals surface area (Å²) in [6.07, 6.45) is 7.69. The standard InChI is InChI=1S/C16H26N2O3S/c19-16(17-11-4-6-22(20,21)7-5-11)18-15-9-10-8-14(15)13-3-1-2-12(10)13/h10-15H,1-9H2,(H2,17,18,19). The second-order valence-corrected chi connectivity index (χ2v) is 10.1. The molecule has 6 heteroatoms. The van der Waals surface area contributed by atoms with E-state index < -0.39 is 9.84 Å². The van der Waals surface area contributed by atoms with Crippen molar-refractivity contribution in [3.63, 3.8) is 0 Å². The molecule has 0 aromatic rings. The van der Waals surface area contributed by atoms with Crippen molar-refractivity contribution in [1.29, 1.82) is 0 Å². The number of urea groups is 1. The minimum absolute atomic E-state index is 0.0151. The van der Waals surface area contributed by atoms with Crippen LogP contribution >= 0.6 is 0 Å². The molecule has 1 heterocycles. The van der Waals surface area contributed by atoms with Gasteiger partial charge in [0.1, 0.15) is 9.84 Å². The average molecular weight is 326 g/mol. The van der Waals surface area contributed by atoms with E-state index in [-0.39, 0.29) is 23.6 Å².